The molecule has 5 aromatic rings. The summed E-state index contributed by atoms with van der Waals surface area (Å²) in [6.45, 7) is 3.66. The van der Waals surface area contributed by atoms with E-state index in [-0.39, 0.29) is 29.4 Å². The highest BCUT2D eigenvalue weighted by Gasteiger charge is 2.50. The van der Waals surface area contributed by atoms with Gasteiger partial charge in [-0.2, -0.15) is 5.10 Å². The zero-order chi connectivity index (χ0) is 38.7. The van der Waals surface area contributed by atoms with Crippen molar-refractivity contribution in [3.63, 3.8) is 0 Å². The first kappa shape index (κ1) is 35.8. The van der Waals surface area contributed by atoms with Gasteiger partial charge in [0.25, 0.3) is 11.8 Å². The topological polar surface area (TPSA) is 123 Å². The lowest BCUT2D eigenvalue weighted by Crippen LogP contribution is -2.55. The van der Waals surface area contributed by atoms with E-state index in [2.05, 4.69) is 68.6 Å². The molecule has 2 aliphatic heterocycles. The first-order chi connectivity index (χ1) is 27.8. The molecular formula is C46H49N7O4. The lowest BCUT2D eigenvalue weighted by Gasteiger charge is -2.37. The number of hydrogen-bond acceptors (Lipinski definition) is 6. The number of carbonyl (C=O) groups is 3. The molecule has 1 atom stereocenters. The van der Waals surface area contributed by atoms with E-state index in [1.807, 2.05) is 41.3 Å². The lowest BCUT2D eigenvalue weighted by molar-refractivity contribution is -0.143. The maximum Gasteiger partial charge on any atom is 0.252 e. The second-order valence-corrected chi connectivity index (χ2v) is 17.1. The van der Waals surface area contributed by atoms with Crippen LogP contribution in [0.15, 0.2) is 85.0 Å². The number of nitrogens with zero attached hydrogens (tertiary/aromatic N) is 5. The van der Waals surface area contributed by atoms with Crippen molar-refractivity contribution in [2.45, 2.75) is 107 Å². The molecule has 0 radical (unpaired) electrons. The standard InChI is InChI=1S/C46H49N7O4/c1-30-25-51(27-45(57-30)21-22-45)43(55)34-23-32-11-5-6-12-37(32)41-40(31-9-3-2-4-10-31)38-18-13-33(24-39(38)52(41)26-34)42(54)50-46(19-7-8-20-46)44(56)49-35-14-16-36(17-15-35)53-29-47-28-48-53/h5-6,11-18,23-24,28-31H,2-4,7-10,19-22,25-27H2,1H3,(H,49,56)(H,50,54)/t30-/m0/s1. The first-order valence-electron chi connectivity index (χ1n) is 20.8. The molecule has 2 N–H and O–H groups in total. The van der Waals surface area contributed by atoms with Crippen LogP contribution in [0.2, 0.25) is 0 Å². The van der Waals surface area contributed by atoms with Crippen molar-refractivity contribution in [3.05, 3.63) is 102 Å². The summed E-state index contributed by atoms with van der Waals surface area (Å²) in [5.41, 5.74) is 7.07. The molecule has 5 aliphatic rings. The lowest BCUT2D eigenvalue weighted by atomic mass is 9.81. The summed E-state index contributed by atoms with van der Waals surface area (Å²) in [4.78, 5) is 49.0. The van der Waals surface area contributed by atoms with Crippen molar-refractivity contribution in [2.24, 2.45) is 0 Å². The van der Waals surface area contributed by atoms with Crippen LogP contribution in [0.4, 0.5) is 5.69 Å². The Morgan fingerprint density at radius 2 is 1.68 bits per heavy atom. The number of benzene rings is 3. The molecule has 57 heavy (non-hydrogen) atoms. The molecule has 3 saturated carbocycles. The predicted molar refractivity (Wildman–Crippen MR) is 219 cm³/mol. The summed E-state index contributed by atoms with van der Waals surface area (Å²) >= 11 is 0. The summed E-state index contributed by atoms with van der Waals surface area (Å²) < 4.78 is 10.2. The van der Waals surface area contributed by atoms with Crippen LogP contribution in [0.5, 0.6) is 0 Å². The summed E-state index contributed by atoms with van der Waals surface area (Å²) in [7, 11) is 0. The van der Waals surface area contributed by atoms with Crippen molar-refractivity contribution in [2.75, 3.05) is 18.4 Å². The van der Waals surface area contributed by atoms with Crippen molar-refractivity contribution >= 4 is 40.4 Å². The van der Waals surface area contributed by atoms with E-state index < -0.39 is 5.54 Å². The highest BCUT2D eigenvalue weighted by Crippen LogP contribution is 2.48. The number of rotatable bonds is 7. The average molecular weight is 764 g/mol. The van der Waals surface area contributed by atoms with E-state index in [4.69, 9.17) is 4.74 Å². The Labute approximate surface area is 332 Å². The van der Waals surface area contributed by atoms with Crippen molar-refractivity contribution in [3.8, 4) is 16.9 Å². The number of amides is 3. The largest absolute Gasteiger partial charge is 0.368 e. The minimum atomic E-state index is -1.03. The fraction of sp³-hybridized carbons (Fsp3) is 0.413. The minimum absolute atomic E-state index is 0.0120. The second-order valence-electron chi connectivity index (χ2n) is 17.1. The van der Waals surface area contributed by atoms with Crippen LogP contribution in [0.3, 0.4) is 0 Å². The van der Waals surface area contributed by atoms with Crippen molar-refractivity contribution in [1.29, 1.82) is 0 Å². The molecule has 10 rings (SSSR count). The van der Waals surface area contributed by atoms with E-state index in [1.54, 1.807) is 11.0 Å². The molecular weight excluding hydrogens is 715 g/mol. The van der Waals surface area contributed by atoms with Crippen LogP contribution in [0.1, 0.15) is 105 Å². The Morgan fingerprint density at radius 1 is 0.895 bits per heavy atom. The van der Waals surface area contributed by atoms with Gasteiger partial charge in [0.1, 0.15) is 18.2 Å². The number of carbonyl (C=O) groups excluding carboxylic acids is 3. The highest BCUT2D eigenvalue weighted by molar-refractivity contribution is 6.07. The van der Waals surface area contributed by atoms with Crippen LogP contribution in [-0.2, 0) is 20.9 Å². The van der Waals surface area contributed by atoms with Gasteiger partial charge in [-0.15, -0.1) is 0 Å². The van der Waals surface area contributed by atoms with E-state index in [1.165, 1.54) is 31.2 Å². The number of morpholine rings is 1. The van der Waals surface area contributed by atoms with E-state index >= 15 is 0 Å². The summed E-state index contributed by atoms with van der Waals surface area (Å²) in [5.74, 6) is -0.0539. The number of aromatic nitrogens is 4. The Balaban J connectivity index is 1.00. The van der Waals surface area contributed by atoms with Crippen LogP contribution < -0.4 is 10.6 Å². The number of fused-ring (bicyclic) bond motifs is 5. The fourth-order valence-electron chi connectivity index (χ4n) is 10.1. The smallest absolute Gasteiger partial charge is 0.252 e. The van der Waals surface area contributed by atoms with Crippen LogP contribution in [0.25, 0.3) is 33.9 Å². The normalized spacial score (nSPS) is 21.0. The molecule has 0 bridgehead atoms. The van der Waals surface area contributed by atoms with Gasteiger partial charge in [-0.3, -0.25) is 14.4 Å². The zero-order valence-corrected chi connectivity index (χ0v) is 32.5. The number of hydrogen-bond donors (Lipinski definition) is 2. The monoisotopic (exact) mass is 763 g/mol. The molecule has 292 valence electrons. The minimum Gasteiger partial charge on any atom is -0.368 e. The maximum atomic E-state index is 14.6. The van der Waals surface area contributed by atoms with E-state index in [0.29, 0.717) is 49.6 Å². The van der Waals surface area contributed by atoms with E-state index in [9.17, 15) is 14.4 Å². The molecule has 3 aliphatic carbocycles. The van der Waals surface area contributed by atoms with Crippen LogP contribution >= 0.6 is 0 Å². The molecule has 11 heteroatoms. The molecule has 1 spiro atoms. The average Bonchev–Trinajstić information content (AvgIpc) is 3.56. The van der Waals surface area contributed by atoms with Gasteiger partial charge in [0.15, 0.2) is 0 Å². The molecule has 2 aromatic heterocycles. The van der Waals surface area contributed by atoms with Crippen LogP contribution in [-0.4, -0.2) is 72.3 Å². The molecule has 3 amide bonds. The van der Waals surface area contributed by atoms with Gasteiger partial charge in [0, 0.05) is 39.8 Å². The number of anilines is 1. The third kappa shape index (κ3) is 6.55. The van der Waals surface area contributed by atoms with Gasteiger partial charge >= 0.3 is 0 Å². The molecule has 11 nitrogen and oxygen atoms in total. The molecule has 4 heterocycles. The molecule has 1 saturated heterocycles. The van der Waals surface area contributed by atoms with E-state index in [0.717, 1.165) is 77.5 Å². The maximum absolute atomic E-state index is 14.6. The molecule has 0 unspecified atom stereocenters. The number of nitrogens with one attached hydrogen (secondary N) is 2. The van der Waals surface area contributed by atoms with Gasteiger partial charge in [0.05, 0.1) is 36.2 Å². The fourth-order valence-corrected chi connectivity index (χ4v) is 10.1. The van der Waals surface area contributed by atoms with Crippen LogP contribution in [0, 0.1) is 0 Å². The third-order valence-corrected chi connectivity index (χ3v) is 13.1. The Kier molecular flexibility index (Phi) is 8.88. The molecule has 3 aromatic carbocycles. The summed E-state index contributed by atoms with van der Waals surface area (Å²) in [6.07, 6.45) is 15.8. The van der Waals surface area contributed by atoms with Crippen molar-refractivity contribution in [1.82, 2.24) is 29.5 Å². The first-order valence-corrected chi connectivity index (χ1v) is 20.8. The Hall–Kier alpha value is -5.55. The zero-order valence-electron chi connectivity index (χ0n) is 32.5. The number of ether oxygens (including phenoxy) is 1. The SMILES string of the molecule is C[C@H]1CN(C(=O)C2=Cc3ccccc3-c3c(C4CCCCC4)c4ccc(C(=O)NC5(C(=O)Nc6ccc(-n7cncn7)cc6)CCCC5)cc4n3C2)CC2(CC2)O1. The molecule has 4 fully saturated rings. The second kappa shape index (κ2) is 14.1. The predicted octanol–water partition coefficient (Wildman–Crippen LogP) is 7.79. The quantitative estimate of drug-likeness (QED) is 0.175. The third-order valence-electron chi connectivity index (χ3n) is 13.1. The van der Waals surface area contributed by atoms with Gasteiger partial charge in [-0.1, -0.05) is 62.4 Å². The van der Waals surface area contributed by atoms with Gasteiger partial charge in [-0.05, 0) is 105 Å². The summed E-state index contributed by atoms with van der Waals surface area (Å²) in [6, 6.07) is 21.9. The van der Waals surface area contributed by atoms with Crippen molar-refractivity contribution < 1.29 is 19.1 Å². The van der Waals surface area contributed by atoms with Gasteiger partial charge in [-0.25, -0.2) is 9.67 Å². The summed E-state index contributed by atoms with van der Waals surface area (Å²) in [5, 5.41) is 11.6. The van der Waals surface area contributed by atoms with Gasteiger partial charge in [0.2, 0.25) is 5.91 Å². The Bertz CT molecular complexity index is 2400. The highest BCUT2D eigenvalue weighted by atomic mass is 16.5. The van der Waals surface area contributed by atoms with Gasteiger partial charge < -0.3 is 24.8 Å². The Morgan fingerprint density at radius 3 is 2.44 bits per heavy atom.